The van der Waals surface area contributed by atoms with Crippen LogP contribution in [0, 0.1) is 11.8 Å². The molecule has 8 rings (SSSR count). The monoisotopic (exact) mass is 862 g/mol. The summed E-state index contributed by atoms with van der Waals surface area (Å²) in [6.07, 6.45) is 15.2. The van der Waals surface area contributed by atoms with E-state index in [-0.39, 0.29) is 35.7 Å². The number of imidazole rings is 2. The van der Waals surface area contributed by atoms with Gasteiger partial charge in [-0.2, -0.15) is 0 Å². The number of carbonyl (C=O) groups is 4. The molecule has 2 saturated carbocycles. The van der Waals surface area contributed by atoms with Crippen molar-refractivity contribution in [2.45, 2.75) is 120 Å². The Morgan fingerprint density at radius 3 is 1.52 bits per heavy atom. The Morgan fingerprint density at radius 1 is 0.613 bits per heavy atom. The Hall–Kier alpha value is -5.44. The first-order valence-corrected chi connectivity index (χ1v) is 26.0. The van der Waals surface area contributed by atoms with Crippen LogP contribution in [0.2, 0.25) is 19.1 Å². The van der Waals surface area contributed by atoms with E-state index in [9.17, 15) is 19.2 Å². The van der Waals surface area contributed by atoms with Crippen LogP contribution in [0.25, 0.3) is 33.6 Å². The molecular weight excluding hydrogens is 801 g/mol. The summed E-state index contributed by atoms with van der Waals surface area (Å²) in [6, 6.07) is 16.1. The van der Waals surface area contributed by atoms with Gasteiger partial charge in [0.2, 0.25) is 11.8 Å². The summed E-state index contributed by atoms with van der Waals surface area (Å²) in [5.74, 6) is 1.63. The first-order valence-electron chi connectivity index (χ1n) is 22.6. The van der Waals surface area contributed by atoms with Gasteiger partial charge < -0.3 is 39.9 Å². The lowest BCUT2D eigenvalue weighted by Gasteiger charge is -2.34. The van der Waals surface area contributed by atoms with E-state index in [0.717, 1.165) is 128 Å². The minimum absolute atomic E-state index is 0.0341. The molecule has 2 aliphatic carbocycles. The van der Waals surface area contributed by atoms with E-state index in [2.05, 4.69) is 82.2 Å². The number of aromatic amines is 2. The predicted octanol–water partition coefficient (Wildman–Crippen LogP) is 8.54. The first-order chi connectivity index (χ1) is 30.0. The number of methoxy groups -OCH3 is 2. The summed E-state index contributed by atoms with van der Waals surface area (Å²) in [7, 11) is 0.921. The zero-order valence-corrected chi connectivity index (χ0v) is 37.6. The number of hydrogen-bond donors (Lipinski definition) is 4. The van der Waals surface area contributed by atoms with Crippen LogP contribution in [0.4, 0.5) is 9.59 Å². The summed E-state index contributed by atoms with van der Waals surface area (Å²) in [5, 5.41) is 5.78. The molecule has 4 amide bonds. The third kappa shape index (κ3) is 9.47. The Balaban J connectivity index is 0.930. The lowest BCUT2D eigenvalue weighted by molar-refractivity contribution is -0.136. The molecule has 4 aliphatic rings. The van der Waals surface area contributed by atoms with Crippen LogP contribution in [0.5, 0.6) is 0 Å². The molecule has 2 aliphatic heterocycles. The number of ether oxygens (including phenoxy) is 2. The Kier molecular flexibility index (Phi) is 13.2. The fraction of sp³-hybridized carbons (Fsp3) is 0.532. The van der Waals surface area contributed by atoms with Crippen molar-refractivity contribution in [3.63, 3.8) is 0 Å². The van der Waals surface area contributed by atoms with Crippen LogP contribution in [0.1, 0.15) is 101 Å². The van der Waals surface area contributed by atoms with Gasteiger partial charge >= 0.3 is 12.2 Å². The second-order valence-electron chi connectivity index (χ2n) is 18.6. The summed E-state index contributed by atoms with van der Waals surface area (Å²) in [6.45, 7) is 5.25. The van der Waals surface area contributed by atoms with Gasteiger partial charge in [0.25, 0.3) is 0 Å². The quantitative estimate of drug-likeness (QED) is 0.109. The molecule has 4 fully saturated rings. The number of nitrogens with zero attached hydrogens (tertiary/aromatic N) is 4. The molecular formula is C47H62N8O6Si. The van der Waals surface area contributed by atoms with Gasteiger partial charge in [0.15, 0.2) is 0 Å². The minimum atomic E-state index is -1.76. The maximum atomic E-state index is 14.3. The number of alkyl carbamates (subject to hydrolysis) is 2. The van der Waals surface area contributed by atoms with Gasteiger partial charge in [-0.3, -0.25) is 9.59 Å². The van der Waals surface area contributed by atoms with E-state index in [0.29, 0.717) is 12.7 Å². The Morgan fingerprint density at radius 2 is 1.05 bits per heavy atom. The van der Waals surface area contributed by atoms with Gasteiger partial charge in [-0.15, -0.1) is 0 Å². The minimum Gasteiger partial charge on any atom is -0.453 e. The third-order valence-corrected chi connectivity index (χ3v) is 16.5. The Bertz CT molecular complexity index is 2190. The highest BCUT2D eigenvalue weighted by molar-refractivity contribution is 6.78. The average Bonchev–Trinajstić information content (AvgIpc) is 4.14. The second kappa shape index (κ2) is 18.9. The van der Waals surface area contributed by atoms with Crippen molar-refractivity contribution in [1.29, 1.82) is 0 Å². The molecule has 0 unspecified atom stereocenters. The third-order valence-electron chi connectivity index (χ3n) is 13.8. The fourth-order valence-corrected chi connectivity index (χ4v) is 13.4. The number of carbonyl (C=O) groups excluding carboxylic acids is 4. The van der Waals surface area contributed by atoms with E-state index in [1.54, 1.807) is 0 Å². The molecule has 0 spiro atoms. The van der Waals surface area contributed by atoms with Crippen molar-refractivity contribution in [2.75, 3.05) is 26.9 Å². The molecule has 0 bridgehead atoms. The van der Waals surface area contributed by atoms with Crippen molar-refractivity contribution in [3.05, 3.63) is 72.6 Å². The molecule has 4 atom stereocenters. The number of rotatable bonds is 11. The van der Waals surface area contributed by atoms with Crippen LogP contribution < -0.4 is 10.6 Å². The standard InChI is InChI=1S/C47H62N8O6Si/c1-60-46(58)52-40(34-12-7-5-8-13-34)44(56)54-25-11-16-38(54)42-48-26-36(50-42)32-21-17-30(18-22-32)31-19-23-33(24-20-31)37-27-49-43(51-37)39-28-62(3,4)29-55(39)45(57)41(53-47(59)61-2)35-14-9-6-10-15-35/h17-24,26-27,34-35,38-41H,5-16,25,28-29H2,1-4H3,(H,48,50)(H,49,51)(H,52,58)(H,53,59)/t38-,39-,40-,41-/m0/s1. The van der Waals surface area contributed by atoms with Gasteiger partial charge in [-0.05, 0) is 78.7 Å². The maximum Gasteiger partial charge on any atom is 0.407 e. The van der Waals surface area contributed by atoms with Gasteiger partial charge in [0.1, 0.15) is 23.7 Å². The van der Waals surface area contributed by atoms with Gasteiger partial charge in [0, 0.05) is 12.7 Å². The molecule has 2 aromatic carbocycles. The van der Waals surface area contributed by atoms with Crippen LogP contribution in [0.15, 0.2) is 60.9 Å². The topological polar surface area (TPSA) is 175 Å². The lowest BCUT2D eigenvalue weighted by atomic mass is 9.83. The molecule has 4 heterocycles. The lowest BCUT2D eigenvalue weighted by Crippen LogP contribution is -2.53. The highest BCUT2D eigenvalue weighted by Crippen LogP contribution is 2.40. The number of hydrogen-bond acceptors (Lipinski definition) is 8. The van der Waals surface area contributed by atoms with Gasteiger partial charge in [0.05, 0.1) is 58.2 Å². The van der Waals surface area contributed by atoms with Crippen molar-refractivity contribution in [2.24, 2.45) is 11.8 Å². The van der Waals surface area contributed by atoms with Crippen molar-refractivity contribution in [1.82, 2.24) is 40.4 Å². The van der Waals surface area contributed by atoms with E-state index >= 15 is 0 Å². The van der Waals surface area contributed by atoms with Crippen molar-refractivity contribution in [3.8, 4) is 33.6 Å². The van der Waals surface area contributed by atoms with Gasteiger partial charge in [-0.25, -0.2) is 19.6 Å². The molecule has 2 aromatic heterocycles. The predicted molar refractivity (Wildman–Crippen MR) is 239 cm³/mol. The van der Waals surface area contributed by atoms with E-state index in [4.69, 9.17) is 19.4 Å². The molecule has 15 heteroatoms. The molecule has 14 nitrogen and oxygen atoms in total. The Labute approximate surface area is 365 Å². The number of amides is 4. The zero-order chi connectivity index (χ0) is 43.4. The normalized spacial score (nSPS) is 21.6. The SMILES string of the molecule is COC(=O)N[C@H](C(=O)N1CCC[C@H]1c1ncc(-c2ccc(-c3ccc(-c4cnc([C@@H]5C[Si](C)(C)CN5C(=O)[C@@H](NC(=O)OC)C5CCCCC5)[nH]4)cc3)cc2)[nH]1)C1CCCCC1. The first kappa shape index (κ1) is 43.2. The highest BCUT2D eigenvalue weighted by atomic mass is 28.3. The second-order valence-corrected chi connectivity index (χ2v) is 23.6. The molecule has 4 N–H and O–H groups in total. The van der Waals surface area contributed by atoms with Crippen LogP contribution in [-0.2, 0) is 19.1 Å². The van der Waals surface area contributed by atoms with E-state index in [1.807, 2.05) is 22.2 Å². The average molecular weight is 863 g/mol. The van der Waals surface area contributed by atoms with Crippen molar-refractivity contribution < 1.29 is 28.7 Å². The largest absolute Gasteiger partial charge is 0.453 e. The fourth-order valence-electron chi connectivity index (χ4n) is 10.5. The number of likely N-dealkylation sites (tertiary alicyclic amines) is 1. The number of aromatic nitrogens is 4. The zero-order valence-electron chi connectivity index (χ0n) is 36.6. The summed E-state index contributed by atoms with van der Waals surface area (Å²) >= 11 is 0. The maximum absolute atomic E-state index is 14.3. The summed E-state index contributed by atoms with van der Waals surface area (Å²) in [5.41, 5.74) is 5.91. The van der Waals surface area contributed by atoms with E-state index in [1.165, 1.54) is 14.2 Å². The van der Waals surface area contributed by atoms with Crippen LogP contribution in [-0.4, -0.2) is 101 Å². The number of benzene rings is 2. The van der Waals surface area contributed by atoms with E-state index < -0.39 is 32.3 Å². The summed E-state index contributed by atoms with van der Waals surface area (Å²) in [4.78, 5) is 73.6. The van der Waals surface area contributed by atoms with Crippen LogP contribution >= 0.6 is 0 Å². The smallest absolute Gasteiger partial charge is 0.407 e. The van der Waals surface area contributed by atoms with Crippen molar-refractivity contribution >= 4 is 32.1 Å². The number of nitrogens with one attached hydrogen (secondary N) is 4. The molecule has 62 heavy (non-hydrogen) atoms. The highest BCUT2D eigenvalue weighted by Gasteiger charge is 2.47. The van der Waals surface area contributed by atoms with Crippen LogP contribution in [0.3, 0.4) is 0 Å². The van der Waals surface area contributed by atoms with Gasteiger partial charge in [-0.1, -0.05) is 100 Å². The molecule has 0 radical (unpaired) electrons. The summed E-state index contributed by atoms with van der Waals surface area (Å²) < 4.78 is 9.86. The molecule has 2 saturated heterocycles. The molecule has 4 aromatic rings. The number of H-pyrrole nitrogens is 2. The molecule has 330 valence electrons.